The Labute approximate surface area is 168 Å². The molecule has 1 aromatic carbocycles. The van der Waals surface area contributed by atoms with Crippen molar-refractivity contribution in [1.29, 1.82) is 0 Å². The molecule has 27 heavy (non-hydrogen) atoms. The predicted octanol–water partition coefficient (Wildman–Crippen LogP) is 3.83. The molecule has 2 N–H and O–H groups in total. The van der Waals surface area contributed by atoms with Crippen LogP contribution in [-0.4, -0.2) is 54.3 Å². The smallest absolute Gasteiger partial charge is 0.319 e. The molecule has 1 aliphatic heterocycles. The first kappa shape index (κ1) is 20.1. The highest BCUT2D eigenvalue weighted by molar-refractivity contribution is 8.01. The van der Waals surface area contributed by atoms with Crippen molar-refractivity contribution < 1.29 is 9.53 Å². The zero-order chi connectivity index (χ0) is 19.2. The van der Waals surface area contributed by atoms with Crippen molar-refractivity contribution in [2.45, 2.75) is 42.2 Å². The zero-order valence-corrected chi connectivity index (χ0v) is 17.5. The van der Waals surface area contributed by atoms with Crippen LogP contribution < -0.4 is 10.6 Å². The second kappa shape index (κ2) is 9.54. The first-order chi connectivity index (χ1) is 13.0. The van der Waals surface area contributed by atoms with Crippen LogP contribution in [0, 0.1) is 6.92 Å². The Kier molecular flexibility index (Phi) is 7.12. The van der Waals surface area contributed by atoms with E-state index in [1.807, 2.05) is 36.6 Å². The monoisotopic (exact) mass is 406 g/mol. The minimum Gasteiger partial charge on any atom is -0.373 e. The fraction of sp³-hybridized carbons (Fsp3) is 0.474. The molecule has 2 atom stereocenters. The number of morpholine rings is 1. The van der Waals surface area contributed by atoms with E-state index in [0.717, 1.165) is 40.3 Å². The number of benzene rings is 1. The van der Waals surface area contributed by atoms with Gasteiger partial charge in [0.1, 0.15) is 0 Å². The first-order valence-corrected chi connectivity index (χ1v) is 10.8. The van der Waals surface area contributed by atoms with E-state index in [-0.39, 0.29) is 18.2 Å². The molecule has 2 heterocycles. The second-order valence-corrected chi connectivity index (χ2v) is 8.96. The number of carbonyl (C=O) groups excluding carboxylic acids is 1. The molecule has 3 rings (SSSR count). The molecule has 1 aromatic heterocycles. The molecule has 0 aliphatic carbocycles. The van der Waals surface area contributed by atoms with Crippen LogP contribution in [0.3, 0.4) is 0 Å². The zero-order valence-electron chi connectivity index (χ0n) is 15.9. The standard InChI is InChI=1S/C19H26N4O2S2/c1-13-12-26-19(21-13)27-17-6-4-16(5-7-17)22-18(24)20-8-9-23-10-14(2)25-15(3)11-23/h4-7,12,14-15H,8-11H2,1-3H3,(H2,20,22,24)/t14-,15-/m0/s1. The largest absolute Gasteiger partial charge is 0.373 e. The Morgan fingerprint density at radius 3 is 2.63 bits per heavy atom. The minimum absolute atomic E-state index is 0.180. The summed E-state index contributed by atoms with van der Waals surface area (Å²) in [7, 11) is 0. The third-order valence-electron chi connectivity index (χ3n) is 4.12. The minimum atomic E-state index is -0.180. The van der Waals surface area contributed by atoms with E-state index in [0.29, 0.717) is 6.54 Å². The van der Waals surface area contributed by atoms with Crippen molar-refractivity contribution in [3.8, 4) is 0 Å². The number of rotatable bonds is 6. The van der Waals surface area contributed by atoms with Crippen molar-refractivity contribution in [3.05, 3.63) is 35.3 Å². The topological polar surface area (TPSA) is 66.5 Å². The lowest BCUT2D eigenvalue weighted by molar-refractivity contribution is -0.0672. The van der Waals surface area contributed by atoms with E-state index in [4.69, 9.17) is 4.74 Å². The fourth-order valence-corrected chi connectivity index (χ4v) is 4.87. The van der Waals surface area contributed by atoms with Crippen LogP contribution in [-0.2, 0) is 4.74 Å². The molecular formula is C19H26N4O2S2. The average molecular weight is 407 g/mol. The molecule has 2 aromatic rings. The molecule has 1 fully saturated rings. The van der Waals surface area contributed by atoms with E-state index in [1.54, 1.807) is 23.1 Å². The molecule has 0 saturated carbocycles. The summed E-state index contributed by atoms with van der Waals surface area (Å²) in [6, 6.07) is 7.63. The van der Waals surface area contributed by atoms with Gasteiger partial charge < -0.3 is 15.4 Å². The number of hydrogen-bond acceptors (Lipinski definition) is 6. The number of amides is 2. The van der Waals surface area contributed by atoms with E-state index < -0.39 is 0 Å². The highest BCUT2D eigenvalue weighted by Crippen LogP contribution is 2.30. The van der Waals surface area contributed by atoms with Gasteiger partial charge in [0.25, 0.3) is 0 Å². The molecule has 0 bridgehead atoms. The van der Waals surface area contributed by atoms with Crippen LogP contribution in [0.25, 0.3) is 0 Å². The van der Waals surface area contributed by atoms with E-state index >= 15 is 0 Å². The second-order valence-electron chi connectivity index (χ2n) is 6.78. The maximum absolute atomic E-state index is 12.1. The van der Waals surface area contributed by atoms with Gasteiger partial charge in [0, 0.05) is 47.8 Å². The molecule has 1 aliphatic rings. The number of urea groups is 1. The lowest BCUT2D eigenvalue weighted by Gasteiger charge is -2.35. The number of hydrogen-bond donors (Lipinski definition) is 2. The van der Waals surface area contributed by atoms with Crippen LogP contribution >= 0.6 is 23.1 Å². The number of aromatic nitrogens is 1. The summed E-state index contributed by atoms with van der Waals surface area (Å²) in [5.74, 6) is 0. The maximum Gasteiger partial charge on any atom is 0.319 e. The third kappa shape index (κ3) is 6.49. The summed E-state index contributed by atoms with van der Waals surface area (Å²) in [6.45, 7) is 9.42. The average Bonchev–Trinajstić information content (AvgIpc) is 3.01. The lowest BCUT2D eigenvalue weighted by atomic mass is 10.2. The van der Waals surface area contributed by atoms with Crippen LogP contribution in [0.5, 0.6) is 0 Å². The van der Waals surface area contributed by atoms with Crippen molar-refractivity contribution in [1.82, 2.24) is 15.2 Å². The van der Waals surface area contributed by atoms with Gasteiger partial charge >= 0.3 is 6.03 Å². The van der Waals surface area contributed by atoms with E-state index in [1.165, 1.54) is 0 Å². The van der Waals surface area contributed by atoms with Gasteiger partial charge in [0.15, 0.2) is 4.34 Å². The number of nitrogens with one attached hydrogen (secondary N) is 2. The quantitative estimate of drug-likeness (QED) is 0.763. The molecule has 146 valence electrons. The maximum atomic E-state index is 12.1. The third-order valence-corrected chi connectivity index (χ3v) is 6.19. The summed E-state index contributed by atoms with van der Waals surface area (Å²) < 4.78 is 6.75. The van der Waals surface area contributed by atoms with Gasteiger partial charge in [-0.3, -0.25) is 4.90 Å². The predicted molar refractivity (Wildman–Crippen MR) is 111 cm³/mol. The van der Waals surface area contributed by atoms with E-state index in [2.05, 4.69) is 34.4 Å². The van der Waals surface area contributed by atoms with Crippen LogP contribution in [0.2, 0.25) is 0 Å². The number of carbonyl (C=O) groups is 1. The Morgan fingerprint density at radius 2 is 2.00 bits per heavy atom. The fourth-order valence-electron chi connectivity index (χ4n) is 3.06. The summed E-state index contributed by atoms with van der Waals surface area (Å²) >= 11 is 3.27. The Bertz CT molecular complexity index is 740. The SMILES string of the molecule is Cc1csc(Sc2ccc(NC(=O)NCCN3C[C@H](C)O[C@@H](C)C3)cc2)n1. The van der Waals surface area contributed by atoms with Crippen molar-refractivity contribution >= 4 is 34.8 Å². The summed E-state index contributed by atoms with van der Waals surface area (Å²) in [5.41, 5.74) is 1.82. The van der Waals surface area contributed by atoms with Gasteiger partial charge in [-0.1, -0.05) is 11.8 Å². The Hall–Kier alpha value is -1.61. The van der Waals surface area contributed by atoms with Crippen molar-refractivity contribution in [2.75, 3.05) is 31.5 Å². The number of ether oxygens (including phenoxy) is 1. The lowest BCUT2D eigenvalue weighted by Crippen LogP contribution is -2.48. The number of anilines is 1. The molecule has 8 heteroatoms. The molecule has 6 nitrogen and oxygen atoms in total. The molecular weight excluding hydrogens is 380 g/mol. The molecule has 2 amide bonds. The highest BCUT2D eigenvalue weighted by Gasteiger charge is 2.21. The first-order valence-electron chi connectivity index (χ1n) is 9.10. The number of thiazole rings is 1. The van der Waals surface area contributed by atoms with Crippen LogP contribution in [0.15, 0.2) is 38.9 Å². The summed E-state index contributed by atoms with van der Waals surface area (Å²) in [5, 5.41) is 7.84. The number of aryl methyl sites for hydroxylation is 1. The normalized spacial score (nSPS) is 20.4. The van der Waals surface area contributed by atoms with Gasteiger partial charge in [-0.2, -0.15) is 0 Å². The van der Waals surface area contributed by atoms with Gasteiger partial charge in [0.2, 0.25) is 0 Å². The van der Waals surface area contributed by atoms with Crippen LogP contribution in [0.4, 0.5) is 10.5 Å². The summed E-state index contributed by atoms with van der Waals surface area (Å²) in [4.78, 5) is 20.0. The van der Waals surface area contributed by atoms with E-state index in [9.17, 15) is 4.79 Å². The highest BCUT2D eigenvalue weighted by atomic mass is 32.2. The Balaban J connectivity index is 1.40. The van der Waals surface area contributed by atoms with Gasteiger partial charge in [-0.15, -0.1) is 11.3 Å². The molecule has 0 radical (unpaired) electrons. The summed E-state index contributed by atoms with van der Waals surface area (Å²) in [6.07, 6.45) is 0.486. The number of nitrogens with zero attached hydrogens (tertiary/aromatic N) is 2. The van der Waals surface area contributed by atoms with Crippen LogP contribution in [0.1, 0.15) is 19.5 Å². The van der Waals surface area contributed by atoms with Gasteiger partial charge in [-0.25, -0.2) is 9.78 Å². The van der Waals surface area contributed by atoms with Crippen molar-refractivity contribution in [2.24, 2.45) is 0 Å². The molecule has 0 unspecified atom stereocenters. The van der Waals surface area contributed by atoms with Gasteiger partial charge in [-0.05, 0) is 45.0 Å². The van der Waals surface area contributed by atoms with Gasteiger partial charge in [0.05, 0.1) is 12.2 Å². The van der Waals surface area contributed by atoms with Crippen molar-refractivity contribution in [3.63, 3.8) is 0 Å². The Morgan fingerprint density at radius 1 is 1.30 bits per heavy atom. The molecule has 1 saturated heterocycles. The molecule has 0 spiro atoms.